The van der Waals surface area contributed by atoms with Crippen LogP contribution < -0.4 is 4.74 Å². The first-order chi connectivity index (χ1) is 13.4. The van der Waals surface area contributed by atoms with Crippen LogP contribution >= 0.6 is 0 Å². The number of nitrogens with zero attached hydrogens (tertiary/aromatic N) is 1. The first-order valence-corrected chi connectivity index (χ1v) is 9.26. The predicted molar refractivity (Wildman–Crippen MR) is 99.3 cm³/mol. The molecule has 152 valence electrons. The Bertz CT molecular complexity index is 739. The lowest BCUT2D eigenvalue weighted by Crippen LogP contribution is -2.47. The topological polar surface area (TPSA) is 41.9 Å². The molecule has 1 saturated heterocycles. The van der Waals surface area contributed by atoms with Gasteiger partial charge in [-0.15, -0.1) is 0 Å². The molecule has 1 aliphatic heterocycles. The Morgan fingerprint density at radius 1 is 1.14 bits per heavy atom. The third kappa shape index (κ3) is 6.22. The maximum absolute atomic E-state index is 12.8. The highest BCUT2D eigenvalue weighted by atomic mass is 19.4. The Kier molecular flexibility index (Phi) is 6.93. The van der Waals surface area contributed by atoms with E-state index in [1.54, 1.807) is 0 Å². The van der Waals surface area contributed by atoms with Crippen LogP contribution in [-0.4, -0.2) is 55.1 Å². The van der Waals surface area contributed by atoms with E-state index >= 15 is 0 Å². The van der Waals surface area contributed by atoms with Crippen LogP contribution in [0, 0.1) is 0 Å². The van der Waals surface area contributed by atoms with Crippen LogP contribution in [0.2, 0.25) is 0 Å². The van der Waals surface area contributed by atoms with Crippen molar-refractivity contribution in [1.29, 1.82) is 0 Å². The van der Waals surface area contributed by atoms with E-state index in [-0.39, 0.29) is 18.5 Å². The second kappa shape index (κ2) is 9.41. The van der Waals surface area contributed by atoms with Crippen LogP contribution in [0.25, 0.3) is 0 Å². The minimum Gasteiger partial charge on any atom is -0.491 e. The van der Waals surface area contributed by atoms with Gasteiger partial charge in [-0.2, -0.15) is 13.2 Å². The van der Waals surface area contributed by atoms with Crippen LogP contribution in [0.1, 0.15) is 11.1 Å². The van der Waals surface area contributed by atoms with E-state index in [9.17, 15) is 18.3 Å². The summed E-state index contributed by atoms with van der Waals surface area (Å²) in [5.74, 6) is 0.166. The molecule has 1 heterocycles. The Hall–Kier alpha value is -2.09. The van der Waals surface area contributed by atoms with E-state index < -0.39 is 17.8 Å². The van der Waals surface area contributed by atoms with Crippen molar-refractivity contribution in [1.82, 2.24) is 4.90 Å². The molecule has 28 heavy (non-hydrogen) atoms. The number of halogens is 3. The van der Waals surface area contributed by atoms with E-state index in [4.69, 9.17) is 9.47 Å². The average Bonchev–Trinajstić information content (AvgIpc) is 2.67. The van der Waals surface area contributed by atoms with Gasteiger partial charge in [0.1, 0.15) is 18.5 Å². The van der Waals surface area contributed by atoms with E-state index in [0.717, 1.165) is 17.7 Å². The van der Waals surface area contributed by atoms with Gasteiger partial charge in [0, 0.05) is 19.6 Å². The first kappa shape index (κ1) is 20.6. The molecule has 1 N–H and O–H groups in total. The van der Waals surface area contributed by atoms with Crippen molar-refractivity contribution in [3.05, 3.63) is 65.7 Å². The molecule has 1 fully saturated rings. The van der Waals surface area contributed by atoms with Crippen molar-refractivity contribution in [3.8, 4) is 5.75 Å². The summed E-state index contributed by atoms with van der Waals surface area (Å²) in [5, 5.41) is 10.3. The highest BCUT2D eigenvalue weighted by Gasteiger charge is 2.30. The summed E-state index contributed by atoms with van der Waals surface area (Å²) in [4.78, 5) is 2.09. The van der Waals surface area contributed by atoms with E-state index in [1.807, 2.05) is 30.3 Å². The van der Waals surface area contributed by atoms with E-state index in [1.165, 1.54) is 12.1 Å². The summed E-state index contributed by atoms with van der Waals surface area (Å²) in [6.07, 6.45) is -4.58. The standard InChI is InChI=1S/C21H24F3NO3/c22-21(23,24)17-7-4-8-19(12-17)28-15-20-14-25(9-10-27-20)13-18(26)11-16-5-2-1-3-6-16/h1-8,12,18,20,26H,9-11,13-15H2/t18-,20+/m1/s1. The molecule has 0 unspecified atom stereocenters. The summed E-state index contributed by atoms with van der Waals surface area (Å²) in [7, 11) is 0. The molecule has 2 aromatic carbocycles. The number of alkyl halides is 3. The number of β-amino-alcohol motifs (C(OH)–C–C–N with tert-alkyl or cyclic N) is 1. The van der Waals surface area contributed by atoms with Crippen molar-refractivity contribution in [2.24, 2.45) is 0 Å². The maximum atomic E-state index is 12.8. The number of hydrogen-bond acceptors (Lipinski definition) is 4. The number of rotatable bonds is 7. The molecule has 4 nitrogen and oxygen atoms in total. The monoisotopic (exact) mass is 395 g/mol. The third-order valence-electron chi connectivity index (χ3n) is 4.60. The highest BCUT2D eigenvalue weighted by molar-refractivity contribution is 5.30. The second-order valence-corrected chi connectivity index (χ2v) is 6.93. The molecular weight excluding hydrogens is 371 g/mol. The Balaban J connectivity index is 1.47. The third-order valence-corrected chi connectivity index (χ3v) is 4.60. The Morgan fingerprint density at radius 2 is 1.93 bits per heavy atom. The molecule has 2 atom stereocenters. The Labute approximate surface area is 162 Å². The van der Waals surface area contributed by atoms with Crippen molar-refractivity contribution in [2.75, 3.05) is 32.8 Å². The molecule has 3 rings (SSSR count). The lowest BCUT2D eigenvalue weighted by atomic mass is 10.1. The van der Waals surface area contributed by atoms with Gasteiger partial charge >= 0.3 is 6.18 Å². The summed E-state index contributed by atoms with van der Waals surface area (Å²) >= 11 is 0. The van der Waals surface area contributed by atoms with Gasteiger partial charge in [-0.3, -0.25) is 4.90 Å². The van der Waals surface area contributed by atoms with Crippen LogP contribution in [0.3, 0.4) is 0 Å². The zero-order valence-corrected chi connectivity index (χ0v) is 15.4. The zero-order chi connectivity index (χ0) is 20.0. The fourth-order valence-electron chi connectivity index (χ4n) is 3.25. The van der Waals surface area contributed by atoms with Gasteiger partial charge in [-0.05, 0) is 30.2 Å². The largest absolute Gasteiger partial charge is 0.491 e. The molecule has 2 aromatic rings. The zero-order valence-electron chi connectivity index (χ0n) is 15.4. The fraction of sp³-hybridized carbons (Fsp3) is 0.429. The number of benzene rings is 2. The molecule has 7 heteroatoms. The number of hydrogen-bond donors (Lipinski definition) is 1. The molecule has 0 aromatic heterocycles. The van der Waals surface area contributed by atoms with Gasteiger partial charge in [0.15, 0.2) is 0 Å². The van der Waals surface area contributed by atoms with Crippen LogP contribution in [-0.2, 0) is 17.3 Å². The lowest BCUT2D eigenvalue weighted by molar-refractivity contribution is -0.137. The van der Waals surface area contributed by atoms with Gasteiger partial charge in [0.2, 0.25) is 0 Å². The minimum atomic E-state index is -4.40. The quantitative estimate of drug-likeness (QED) is 0.781. The van der Waals surface area contributed by atoms with Gasteiger partial charge in [0.25, 0.3) is 0 Å². The molecule has 0 bridgehead atoms. The van der Waals surface area contributed by atoms with Gasteiger partial charge in [-0.1, -0.05) is 36.4 Å². The van der Waals surface area contributed by atoms with E-state index in [0.29, 0.717) is 32.7 Å². The van der Waals surface area contributed by atoms with Crippen LogP contribution in [0.4, 0.5) is 13.2 Å². The fourth-order valence-corrected chi connectivity index (χ4v) is 3.25. The van der Waals surface area contributed by atoms with Crippen molar-refractivity contribution in [3.63, 3.8) is 0 Å². The molecule has 0 spiro atoms. The Morgan fingerprint density at radius 3 is 2.68 bits per heavy atom. The van der Waals surface area contributed by atoms with Crippen LogP contribution in [0.15, 0.2) is 54.6 Å². The highest BCUT2D eigenvalue weighted by Crippen LogP contribution is 2.31. The molecule has 0 saturated carbocycles. The average molecular weight is 395 g/mol. The number of aliphatic hydroxyl groups excluding tert-OH is 1. The molecular formula is C21H24F3NO3. The van der Waals surface area contributed by atoms with Crippen molar-refractivity contribution in [2.45, 2.75) is 24.8 Å². The maximum Gasteiger partial charge on any atom is 0.416 e. The number of morpholine rings is 1. The predicted octanol–water partition coefficient (Wildman–Crippen LogP) is 3.39. The summed E-state index contributed by atoms with van der Waals surface area (Å²) in [6.45, 7) is 2.43. The van der Waals surface area contributed by atoms with Crippen LogP contribution in [0.5, 0.6) is 5.75 Å². The van der Waals surface area contributed by atoms with Gasteiger partial charge < -0.3 is 14.6 Å². The molecule has 0 amide bonds. The molecule has 0 aliphatic carbocycles. The summed E-state index contributed by atoms with van der Waals surface area (Å²) < 4.78 is 49.5. The molecule has 0 radical (unpaired) electrons. The van der Waals surface area contributed by atoms with Gasteiger partial charge in [-0.25, -0.2) is 0 Å². The normalized spacial score (nSPS) is 19.4. The number of aliphatic hydroxyl groups is 1. The summed E-state index contributed by atoms with van der Waals surface area (Å²) in [5.41, 5.74) is 0.341. The second-order valence-electron chi connectivity index (χ2n) is 6.93. The first-order valence-electron chi connectivity index (χ1n) is 9.26. The number of ether oxygens (including phenoxy) is 2. The van der Waals surface area contributed by atoms with Crippen molar-refractivity contribution < 1.29 is 27.8 Å². The van der Waals surface area contributed by atoms with Gasteiger partial charge in [0.05, 0.1) is 18.3 Å². The minimum absolute atomic E-state index is 0.159. The molecule has 1 aliphatic rings. The lowest BCUT2D eigenvalue weighted by Gasteiger charge is -2.34. The van der Waals surface area contributed by atoms with E-state index in [2.05, 4.69) is 4.90 Å². The SMILES string of the molecule is O[C@H](Cc1ccccc1)CN1CCO[C@H](COc2cccc(C(F)(F)F)c2)C1. The smallest absolute Gasteiger partial charge is 0.416 e. The summed E-state index contributed by atoms with van der Waals surface area (Å²) in [6, 6.07) is 14.6. The van der Waals surface area contributed by atoms with Crippen molar-refractivity contribution >= 4 is 0 Å².